The van der Waals surface area contributed by atoms with Gasteiger partial charge in [-0.1, -0.05) is 23.8 Å². The van der Waals surface area contributed by atoms with E-state index in [1.54, 1.807) is 0 Å². The van der Waals surface area contributed by atoms with E-state index in [-0.39, 0.29) is 12.7 Å². The zero-order chi connectivity index (χ0) is 17.5. The van der Waals surface area contributed by atoms with Gasteiger partial charge >= 0.3 is 0 Å². The van der Waals surface area contributed by atoms with Crippen LogP contribution in [0.2, 0.25) is 0 Å². The standard InChI is InChI=1S/C20H23NO4/c1-15-4-7-17(8-5-15)23-12-2-3-20(22)21-11-10-16-6-9-18-19(13-16)25-14-24-18/h4-9,13H,2-3,10-12,14H2,1H3,(H,21,22). The average molecular weight is 341 g/mol. The number of benzene rings is 2. The van der Waals surface area contributed by atoms with Crippen LogP contribution in [0, 0.1) is 6.92 Å². The predicted molar refractivity (Wildman–Crippen MR) is 95.2 cm³/mol. The van der Waals surface area contributed by atoms with E-state index in [1.807, 2.05) is 49.4 Å². The molecule has 1 amide bonds. The van der Waals surface area contributed by atoms with Gasteiger partial charge in [0.2, 0.25) is 12.7 Å². The van der Waals surface area contributed by atoms with Crippen LogP contribution in [0.25, 0.3) is 0 Å². The van der Waals surface area contributed by atoms with Crippen molar-refractivity contribution < 1.29 is 19.0 Å². The Morgan fingerprint density at radius 2 is 1.92 bits per heavy atom. The van der Waals surface area contributed by atoms with Crippen molar-refractivity contribution in [2.24, 2.45) is 0 Å². The summed E-state index contributed by atoms with van der Waals surface area (Å²) in [6, 6.07) is 13.8. The van der Waals surface area contributed by atoms with Crippen molar-refractivity contribution in [2.75, 3.05) is 19.9 Å². The minimum absolute atomic E-state index is 0.0493. The van der Waals surface area contributed by atoms with Crippen molar-refractivity contribution in [1.82, 2.24) is 5.32 Å². The molecule has 132 valence electrons. The second kappa shape index (κ2) is 8.42. The summed E-state index contributed by atoms with van der Waals surface area (Å²) in [5.41, 5.74) is 2.32. The van der Waals surface area contributed by atoms with E-state index in [4.69, 9.17) is 14.2 Å². The van der Waals surface area contributed by atoms with Crippen LogP contribution in [-0.2, 0) is 11.2 Å². The fourth-order valence-corrected chi connectivity index (χ4v) is 2.59. The Bertz CT molecular complexity index is 712. The summed E-state index contributed by atoms with van der Waals surface area (Å²) in [5, 5.41) is 2.94. The molecular formula is C20H23NO4. The summed E-state index contributed by atoms with van der Waals surface area (Å²) in [5.74, 6) is 2.44. The molecule has 0 unspecified atom stereocenters. The van der Waals surface area contributed by atoms with Gasteiger partial charge in [-0.3, -0.25) is 4.79 Å². The van der Waals surface area contributed by atoms with Gasteiger partial charge < -0.3 is 19.5 Å². The molecule has 0 bridgehead atoms. The molecule has 0 saturated heterocycles. The van der Waals surface area contributed by atoms with Gasteiger partial charge in [0, 0.05) is 13.0 Å². The molecule has 0 atom stereocenters. The molecule has 1 heterocycles. The van der Waals surface area contributed by atoms with Gasteiger partial charge in [-0.05, 0) is 49.6 Å². The van der Waals surface area contributed by atoms with Crippen LogP contribution in [0.5, 0.6) is 17.2 Å². The topological polar surface area (TPSA) is 56.8 Å². The molecule has 1 aliphatic heterocycles. The Morgan fingerprint density at radius 3 is 2.76 bits per heavy atom. The fourth-order valence-electron chi connectivity index (χ4n) is 2.59. The van der Waals surface area contributed by atoms with E-state index >= 15 is 0 Å². The molecule has 0 aromatic heterocycles. The lowest BCUT2D eigenvalue weighted by Crippen LogP contribution is -2.25. The monoisotopic (exact) mass is 341 g/mol. The van der Waals surface area contributed by atoms with Gasteiger partial charge in [-0.2, -0.15) is 0 Å². The lowest BCUT2D eigenvalue weighted by atomic mass is 10.1. The minimum atomic E-state index is 0.0493. The molecule has 0 saturated carbocycles. The molecule has 1 N–H and O–H groups in total. The Balaban J connectivity index is 1.30. The average Bonchev–Trinajstić information content (AvgIpc) is 3.08. The molecule has 0 spiro atoms. The molecule has 5 nitrogen and oxygen atoms in total. The summed E-state index contributed by atoms with van der Waals surface area (Å²) in [7, 11) is 0. The smallest absolute Gasteiger partial charge is 0.231 e. The van der Waals surface area contributed by atoms with Crippen molar-refractivity contribution in [3.05, 3.63) is 53.6 Å². The van der Waals surface area contributed by atoms with Gasteiger partial charge in [-0.15, -0.1) is 0 Å². The van der Waals surface area contributed by atoms with E-state index in [1.165, 1.54) is 5.56 Å². The Labute approximate surface area is 147 Å². The van der Waals surface area contributed by atoms with E-state index in [2.05, 4.69) is 5.32 Å². The predicted octanol–water partition coefficient (Wildman–Crippen LogP) is 3.24. The lowest BCUT2D eigenvalue weighted by molar-refractivity contribution is -0.121. The third-order valence-electron chi connectivity index (χ3n) is 4.01. The number of hydrogen-bond donors (Lipinski definition) is 1. The summed E-state index contributed by atoms with van der Waals surface area (Å²) >= 11 is 0. The van der Waals surface area contributed by atoms with Gasteiger partial charge in [0.15, 0.2) is 11.5 Å². The first-order valence-electron chi connectivity index (χ1n) is 8.55. The highest BCUT2D eigenvalue weighted by molar-refractivity contribution is 5.75. The van der Waals surface area contributed by atoms with Crippen LogP contribution in [0.1, 0.15) is 24.0 Å². The Kier molecular flexibility index (Phi) is 5.77. The van der Waals surface area contributed by atoms with Crippen LogP contribution in [0.4, 0.5) is 0 Å². The molecule has 0 fully saturated rings. The first-order valence-corrected chi connectivity index (χ1v) is 8.55. The van der Waals surface area contributed by atoms with Crippen molar-refractivity contribution in [3.8, 4) is 17.2 Å². The molecule has 5 heteroatoms. The molecule has 25 heavy (non-hydrogen) atoms. The minimum Gasteiger partial charge on any atom is -0.494 e. The van der Waals surface area contributed by atoms with E-state index in [9.17, 15) is 4.79 Å². The summed E-state index contributed by atoms with van der Waals surface area (Å²) in [4.78, 5) is 11.9. The summed E-state index contributed by atoms with van der Waals surface area (Å²) in [6.07, 6.45) is 1.93. The third-order valence-corrected chi connectivity index (χ3v) is 4.01. The third kappa shape index (κ3) is 5.14. The lowest BCUT2D eigenvalue weighted by Gasteiger charge is -2.08. The number of carbonyl (C=O) groups is 1. The van der Waals surface area contributed by atoms with Crippen molar-refractivity contribution in [2.45, 2.75) is 26.2 Å². The number of carbonyl (C=O) groups excluding carboxylic acids is 1. The SMILES string of the molecule is Cc1ccc(OCCCC(=O)NCCc2ccc3c(c2)OCO3)cc1. The second-order valence-corrected chi connectivity index (χ2v) is 6.05. The molecule has 2 aromatic rings. The fraction of sp³-hybridized carbons (Fsp3) is 0.350. The number of rotatable bonds is 8. The zero-order valence-corrected chi connectivity index (χ0v) is 14.4. The number of fused-ring (bicyclic) bond motifs is 1. The molecule has 2 aromatic carbocycles. The normalized spacial score (nSPS) is 12.0. The number of hydrogen-bond acceptors (Lipinski definition) is 4. The molecule has 0 aliphatic carbocycles. The van der Waals surface area contributed by atoms with Crippen LogP contribution in [-0.4, -0.2) is 25.9 Å². The maximum atomic E-state index is 11.9. The molecule has 1 aliphatic rings. The number of nitrogens with one attached hydrogen (secondary N) is 1. The van der Waals surface area contributed by atoms with Gasteiger partial charge in [-0.25, -0.2) is 0 Å². The summed E-state index contributed by atoms with van der Waals surface area (Å²) in [6.45, 7) is 3.47. The van der Waals surface area contributed by atoms with Crippen molar-refractivity contribution >= 4 is 5.91 Å². The second-order valence-electron chi connectivity index (χ2n) is 6.05. The number of amides is 1. The van der Waals surface area contributed by atoms with Crippen molar-refractivity contribution in [3.63, 3.8) is 0 Å². The summed E-state index contributed by atoms with van der Waals surface area (Å²) < 4.78 is 16.3. The van der Waals surface area contributed by atoms with E-state index in [0.717, 1.165) is 29.2 Å². The number of aryl methyl sites for hydroxylation is 1. The van der Waals surface area contributed by atoms with Crippen molar-refractivity contribution in [1.29, 1.82) is 0 Å². The molecule has 3 rings (SSSR count). The highest BCUT2D eigenvalue weighted by Gasteiger charge is 2.13. The first kappa shape index (κ1) is 17.1. The largest absolute Gasteiger partial charge is 0.494 e. The van der Waals surface area contributed by atoms with E-state index in [0.29, 0.717) is 26.0 Å². The van der Waals surface area contributed by atoms with Gasteiger partial charge in [0.25, 0.3) is 0 Å². The maximum Gasteiger partial charge on any atom is 0.231 e. The highest BCUT2D eigenvalue weighted by atomic mass is 16.7. The van der Waals surface area contributed by atoms with Crippen LogP contribution in [0.3, 0.4) is 0 Å². The van der Waals surface area contributed by atoms with Crippen LogP contribution < -0.4 is 19.5 Å². The van der Waals surface area contributed by atoms with E-state index < -0.39 is 0 Å². The quantitative estimate of drug-likeness (QED) is 0.749. The Hall–Kier alpha value is -2.69. The highest BCUT2D eigenvalue weighted by Crippen LogP contribution is 2.32. The van der Waals surface area contributed by atoms with Crippen LogP contribution >= 0.6 is 0 Å². The first-order chi connectivity index (χ1) is 12.2. The molecule has 0 radical (unpaired) electrons. The van der Waals surface area contributed by atoms with Crippen LogP contribution in [0.15, 0.2) is 42.5 Å². The van der Waals surface area contributed by atoms with Gasteiger partial charge in [0.1, 0.15) is 5.75 Å². The molecular weight excluding hydrogens is 318 g/mol. The maximum absolute atomic E-state index is 11.9. The zero-order valence-electron chi connectivity index (χ0n) is 14.4. The van der Waals surface area contributed by atoms with Gasteiger partial charge in [0.05, 0.1) is 6.61 Å². The number of ether oxygens (including phenoxy) is 3. The Morgan fingerprint density at radius 1 is 1.12 bits per heavy atom.